The number of aromatic nitrogens is 2. The molecule has 0 atom stereocenters. The maximum absolute atomic E-state index is 12.1. The van der Waals surface area contributed by atoms with E-state index in [0.29, 0.717) is 21.6 Å². The molecule has 16 heteroatoms. The van der Waals surface area contributed by atoms with Crippen molar-refractivity contribution in [3.63, 3.8) is 0 Å². The summed E-state index contributed by atoms with van der Waals surface area (Å²) >= 11 is 7.87. The number of nitrogens with two attached hydrogens (primary N) is 1. The number of hydrogen-bond donors (Lipinski definition) is 4. The molecule has 2 heterocycles. The molecule has 0 unspecified atom stereocenters. The SMILES string of the molecule is Nc1ccc(S(=O)(=O)Nc2nccs2)cc1.O=C(CCCl)Nc1ccc(S(=O)(=O)Nc2nccs2)cc1. The number of thiazole rings is 2. The average molecular weight is 601 g/mol. The van der Waals surface area contributed by atoms with E-state index in [1.165, 1.54) is 83.6 Å². The van der Waals surface area contributed by atoms with Crippen molar-refractivity contribution in [2.75, 3.05) is 26.4 Å². The highest BCUT2D eigenvalue weighted by molar-refractivity contribution is 7.93. The predicted octanol–water partition coefficient (Wildman–Crippen LogP) is 4.04. The summed E-state index contributed by atoms with van der Waals surface area (Å²) in [6.07, 6.45) is 3.25. The lowest BCUT2D eigenvalue weighted by atomic mass is 10.3. The van der Waals surface area contributed by atoms with E-state index in [2.05, 4.69) is 24.7 Å². The molecule has 0 fully saturated rings. The van der Waals surface area contributed by atoms with Crippen LogP contribution in [0.4, 0.5) is 21.6 Å². The molecule has 5 N–H and O–H groups in total. The number of nitrogen functional groups attached to an aromatic ring is 1. The van der Waals surface area contributed by atoms with Crippen molar-refractivity contribution in [3.05, 3.63) is 71.7 Å². The Morgan fingerprint density at radius 1 is 0.811 bits per heavy atom. The lowest BCUT2D eigenvalue weighted by Crippen LogP contribution is -2.14. The van der Waals surface area contributed by atoms with Gasteiger partial charge in [0, 0.05) is 46.8 Å². The fourth-order valence-corrected chi connectivity index (χ4v) is 6.32. The maximum atomic E-state index is 12.1. The first-order valence-corrected chi connectivity index (χ1v) is 15.5. The lowest BCUT2D eigenvalue weighted by Gasteiger charge is -2.07. The molecule has 4 rings (SSSR count). The van der Waals surface area contributed by atoms with Crippen LogP contribution < -0.4 is 20.5 Å². The Labute approximate surface area is 226 Å². The van der Waals surface area contributed by atoms with Gasteiger partial charge in [-0.25, -0.2) is 26.8 Å². The van der Waals surface area contributed by atoms with Gasteiger partial charge in [0.1, 0.15) is 0 Å². The highest BCUT2D eigenvalue weighted by Gasteiger charge is 2.16. The number of alkyl halides is 1. The van der Waals surface area contributed by atoms with Gasteiger partial charge in [-0.15, -0.1) is 34.3 Å². The third-order valence-corrected chi connectivity index (χ3v) is 8.80. The Morgan fingerprint density at radius 2 is 1.27 bits per heavy atom. The van der Waals surface area contributed by atoms with Crippen molar-refractivity contribution in [1.82, 2.24) is 9.97 Å². The van der Waals surface area contributed by atoms with Crippen molar-refractivity contribution in [3.8, 4) is 0 Å². The summed E-state index contributed by atoms with van der Waals surface area (Å²) in [5.74, 6) is 0.0114. The molecule has 4 aromatic rings. The molecule has 0 radical (unpaired) electrons. The fraction of sp³-hybridized carbons (Fsp3) is 0.0952. The Hall–Kier alpha value is -3.24. The van der Waals surface area contributed by atoms with Gasteiger partial charge in [0.15, 0.2) is 10.3 Å². The fourth-order valence-electron chi connectivity index (χ4n) is 2.57. The molecule has 1 amide bonds. The molecular weight excluding hydrogens is 580 g/mol. The molecule has 0 saturated heterocycles. The Bertz CT molecular complexity index is 1490. The molecule has 0 bridgehead atoms. The first-order chi connectivity index (χ1) is 17.6. The van der Waals surface area contributed by atoms with Gasteiger partial charge < -0.3 is 11.1 Å². The lowest BCUT2D eigenvalue weighted by molar-refractivity contribution is -0.115. The first-order valence-electron chi connectivity index (χ1n) is 10.2. The number of nitrogens with one attached hydrogen (secondary N) is 3. The van der Waals surface area contributed by atoms with E-state index in [1.807, 2.05) is 0 Å². The minimum Gasteiger partial charge on any atom is -0.399 e. The van der Waals surface area contributed by atoms with Gasteiger partial charge in [0.05, 0.1) is 9.79 Å². The molecule has 2 aromatic carbocycles. The Kier molecular flexibility index (Phi) is 9.82. The van der Waals surface area contributed by atoms with E-state index in [4.69, 9.17) is 17.3 Å². The first kappa shape index (κ1) is 28.3. The summed E-state index contributed by atoms with van der Waals surface area (Å²) in [6.45, 7) is 0. The van der Waals surface area contributed by atoms with Crippen molar-refractivity contribution >= 4 is 81.9 Å². The van der Waals surface area contributed by atoms with E-state index in [9.17, 15) is 21.6 Å². The van der Waals surface area contributed by atoms with Crippen LogP contribution in [0.1, 0.15) is 6.42 Å². The summed E-state index contributed by atoms with van der Waals surface area (Å²) in [7, 11) is -7.23. The topological polar surface area (TPSA) is 173 Å². The van der Waals surface area contributed by atoms with Gasteiger partial charge >= 0.3 is 0 Å². The Balaban J connectivity index is 0.000000213. The highest BCUT2D eigenvalue weighted by atomic mass is 35.5. The molecule has 2 aromatic heterocycles. The Morgan fingerprint density at radius 3 is 1.68 bits per heavy atom. The quantitative estimate of drug-likeness (QED) is 0.164. The van der Waals surface area contributed by atoms with E-state index < -0.39 is 20.0 Å². The third-order valence-electron chi connectivity index (χ3n) is 4.27. The van der Waals surface area contributed by atoms with Crippen molar-refractivity contribution in [2.45, 2.75) is 16.2 Å². The van der Waals surface area contributed by atoms with Gasteiger partial charge in [-0.05, 0) is 48.5 Å². The van der Waals surface area contributed by atoms with Gasteiger partial charge in [-0.1, -0.05) is 0 Å². The zero-order valence-corrected chi connectivity index (χ0v) is 22.9. The van der Waals surface area contributed by atoms with Gasteiger partial charge in [-0.3, -0.25) is 14.2 Å². The van der Waals surface area contributed by atoms with Crippen molar-refractivity contribution < 1.29 is 21.6 Å². The molecular formula is C21H21ClN6O5S4. The summed E-state index contributed by atoms with van der Waals surface area (Å²) < 4.78 is 52.6. The molecule has 0 saturated carbocycles. The highest BCUT2D eigenvalue weighted by Crippen LogP contribution is 2.20. The second kappa shape index (κ2) is 12.8. The molecule has 196 valence electrons. The number of amides is 1. The monoisotopic (exact) mass is 600 g/mol. The normalized spacial score (nSPS) is 11.2. The maximum Gasteiger partial charge on any atom is 0.263 e. The third kappa shape index (κ3) is 8.68. The van der Waals surface area contributed by atoms with Gasteiger partial charge in [0.25, 0.3) is 20.0 Å². The minimum atomic E-state index is -3.67. The van der Waals surface area contributed by atoms with E-state index in [-0.39, 0.29) is 28.0 Å². The zero-order valence-electron chi connectivity index (χ0n) is 18.9. The van der Waals surface area contributed by atoms with Crippen LogP contribution in [0.5, 0.6) is 0 Å². The van der Waals surface area contributed by atoms with Crippen LogP contribution in [0.3, 0.4) is 0 Å². The van der Waals surface area contributed by atoms with E-state index >= 15 is 0 Å². The number of anilines is 4. The largest absolute Gasteiger partial charge is 0.399 e. The average Bonchev–Trinajstić information content (AvgIpc) is 3.54. The van der Waals surface area contributed by atoms with Crippen LogP contribution >= 0.6 is 34.3 Å². The van der Waals surface area contributed by atoms with Crippen LogP contribution in [0, 0.1) is 0 Å². The summed E-state index contributed by atoms with van der Waals surface area (Å²) in [4.78, 5) is 19.3. The van der Waals surface area contributed by atoms with E-state index in [0.717, 1.165) is 0 Å². The molecule has 0 aliphatic carbocycles. The summed E-state index contributed by atoms with van der Waals surface area (Å²) in [5, 5.41) is 6.63. The van der Waals surface area contributed by atoms with Crippen molar-refractivity contribution in [1.29, 1.82) is 0 Å². The predicted molar refractivity (Wildman–Crippen MR) is 147 cm³/mol. The molecule has 37 heavy (non-hydrogen) atoms. The second-order valence-electron chi connectivity index (χ2n) is 6.97. The molecule has 0 aliphatic heterocycles. The summed E-state index contributed by atoms with van der Waals surface area (Å²) in [6, 6.07) is 11.8. The van der Waals surface area contributed by atoms with Gasteiger partial charge in [-0.2, -0.15) is 0 Å². The van der Waals surface area contributed by atoms with E-state index in [1.54, 1.807) is 10.8 Å². The standard InChI is InChI=1S/C12H12ClN3O3S2.C9H9N3O2S2/c13-6-5-11(17)15-9-1-3-10(4-2-9)21(18,19)16-12-14-7-8-20-12;10-7-1-3-8(4-2-7)16(13,14)12-9-11-5-6-15-9/h1-4,7-8H,5-6H2,(H,14,16)(H,15,17);1-6H,10H2,(H,11,12). The molecule has 0 spiro atoms. The minimum absolute atomic E-state index is 0.0908. The van der Waals surface area contributed by atoms with Crippen LogP contribution in [0.2, 0.25) is 0 Å². The number of rotatable bonds is 9. The van der Waals surface area contributed by atoms with Crippen LogP contribution in [0.15, 0.2) is 81.5 Å². The second-order valence-corrected chi connectivity index (χ2v) is 12.5. The van der Waals surface area contributed by atoms with Crippen LogP contribution in [0.25, 0.3) is 0 Å². The molecule has 11 nitrogen and oxygen atoms in total. The number of carbonyl (C=O) groups is 1. The number of carbonyl (C=O) groups excluding carboxylic acids is 1. The number of sulfonamides is 2. The number of hydrogen-bond acceptors (Lipinski definition) is 10. The number of nitrogens with zero attached hydrogens (tertiary/aromatic N) is 2. The zero-order chi connectivity index (χ0) is 26.9. The van der Waals surface area contributed by atoms with Crippen LogP contribution in [-0.2, 0) is 24.8 Å². The van der Waals surface area contributed by atoms with Crippen molar-refractivity contribution in [2.24, 2.45) is 0 Å². The molecule has 0 aliphatic rings. The number of benzene rings is 2. The smallest absolute Gasteiger partial charge is 0.263 e. The number of halogens is 1. The summed E-state index contributed by atoms with van der Waals surface area (Å²) in [5.41, 5.74) is 6.51. The van der Waals surface area contributed by atoms with Gasteiger partial charge in [0.2, 0.25) is 5.91 Å². The van der Waals surface area contributed by atoms with Crippen LogP contribution in [-0.4, -0.2) is 38.6 Å².